The summed E-state index contributed by atoms with van der Waals surface area (Å²) in [6, 6.07) is 15.9. The molecule has 2 aliphatic carbocycles. The summed E-state index contributed by atoms with van der Waals surface area (Å²) in [6.45, 7) is 4.15. The van der Waals surface area contributed by atoms with Gasteiger partial charge in [0.05, 0.1) is 12.3 Å². The Labute approximate surface area is 206 Å². The molecule has 1 saturated carbocycles. The standard InChI is InChI=1S/C28H34N2O5/c1-17(2)25(14-26(31)32)30-27(33)19(13-18-11-12-18)15-29-28(34)35-16-24-22-9-5-3-7-20(22)21-8-4-6-10-23(21)24/h3-10,17-19,24-25H,11-16H2,1-2H3,(H,29,34)(H,30,33)(H,31,32). The number of carboxylic acid groups (broad SMARTS) is 1. The second kappa shape index (κ2) is 10.9. The van der Waals surface area contributed by atoms with E-state index in [4.69, 9.17) is 9.84 Å². The third kappa shape index (κ3) is 6.21. The number of rotatable bonds is 11. The predicted octanol–water partition coefficient (Wildman–Crippen LogP) is 4.56. The summed E-state index contributed by atoms with van der Waals surface area (Å²) in [5, 5.41) is 14.8. The van der Waals surface area contributed by atoms with Crippen molar-refractivity contribution >= 4 is 18.0 Å². The molecule has 2 aromatic rings. The first-order valence-electron chi connectivity index (χ1n) is 12.4. The highest BCUT2D eigenvalue weighted by Crippen LogP contribution is 2.44. The fourth-order valence-electron chi connectivity index (χ4n) is 4.84. The summed E-state index contributed by atoms with van der Waals surface area (Å²) < 4.78 is 5.60. The second-order valence-electron chi connectivity index (χ2n) is 10.0. The maximum atomic E-state index is 13.0. The Morgan fingerprint density at radius 3 is 2.14 bits per heavy atom. The van der Waals surface area contributed by atoms with E-state index in [0.717, 1.165) is 24.0 Å². The fourth-order valence-corrected chi connectivity index (χ4v) is 4.84. The predicted molar refractivity (Wildman–Crippen MR) is 133 cm³/mol. The zero-order valence-corrected chi connectivity index (χ0v) is 20.3. The molecule has 186 valence electrons. The van der Waals surface area contributed by atoms with E-state index in [2.05, 4.69) is 34.9 Å². The highest BCUT2D eigenvalue weighted by molar-refractivity contribution is 5.81. The van der Waals surface area contributed by atoms with Crippen molar-refractivity contribution in [2.24, 2.45) is 17.8 Å². The number of hydrogen-bond donors (Lipinski definition) is 3. The first kappa shape index (κ1) is 24.8. The summed E-state index contributed by atoms with van der Waals surface area (Å²) in [7, 11) is 0. The van der Waals surface area contributed by atoms with Crippen molar-refractivity contribution in [3.8, 4) is 11.1 Å². The number of benzene rings is 2. The molecule has 4 rings (SSSR count). The smallest absolute Gasteiger partial charge is 0.407 e. The number of fused-ring (bicyclic) bond motifs is 3. The monoisotopic (exact) mass is 478 g/mol. The van der Waals surface area contributed by atoms with Crippen molar-refractivity contribution in [2.75, 3.05) is 13.2 Å². The molecule has 2 aromatic carbocycles. The highest BCUT2D eigenvalue weighted by atomic mass is 16.5. The van der Waals surface area contributed by atoms with Crippen molar-refractivity contribution in [1.29, 1.82) is 0 Å². The van der Waals surface area contributed by atoms with Crippen LogP contribution < -0.4 is 10.6 Å². The van der Waals surface area contributed by atoms with Gasteiger partial charge in [-0.05, 0) is 40.5 Å². The van der Waals surface area contributed by atoms with E-state index in [-0.39, 0.29) is 37.3 Å². The zero-order valence-electron chi connectivity index (χ0n) is 20.3. The van der Waals surface area contributed by atoms with Crippen molar-refractivity contribution in [1.82, 2.24) is 10.6 Å². The Kier molecular flexibility index (Phi) is 7.73. The van der Waals surface area contributed by atoms with Crippen LogP contribution in [-0.2, 0) is 14.3 Å². The molecule has 0 heterocycles. The molecule has 0 aromatic heterocycles. The van der Waals surface area contributed by atoms with Crippen LogP contribution >= 0.6 is 0 Å². The van der Waals surface area contributed by atoms with Gasteiger partial charge in [-0.2, -0.15) is 0 Å². The van der Waals surface area contributed by atoms with E-state index >= 15 is 0 Å². The molecule has 3 N–H and O–H groups in total. The van der Waals surface area contributed by atoms with Crippen molar-refractivity contribution in [3.63, 3.8) is 0 Å². The number of carbonyl (C=O) groups excluding carboxylic acids is 2. The molecular formula is C28H34N2O5. The number of carboxylic acids is 1. The van der Waals surface area contributed by atoms with Gasteiger partial charge >= 0.3 is 12.1 Å². The van der Waals surface area contributed by atoms with Gasteiger partial charge in [-0.15, -0.1) is 0 Å². The number of ether oxygens (including phenoxy) is 1. The first-order valence-corrected chi connectivity index (χ1v) is 12.4. The fraction of sp³-hybridized carbons (Fsp3) is 0.464. The van der Waals surface area contributed by atoms with Crippen LogP contribution in [0.4, 0.5) is 4.79 Å². The van der Waals surface area contributed by atoms with Gasteiger partial charge < -0.3 is 20.5 Å². The molecular weight excluding hydrogens is 444 g/mol. The summed E-state index contributed by atoms with van der Waals surface area (Å²) in [4.78, 5) is 36.7. The first-order chi connectivity index (χ1) is 16.8. The maximum absolute atomic E-state index is 13.0. The molecule has 1 fully saturated rings. The van der Waals surface area contributed by atoms with E-state index in [1.54, 1.807) is 0 Å². The van der Waals surface area contributed by atoms with Gasteiger partial charge in [-0.1, -0.05) is 75.2 Å². The average molecular weight is 479 g/mol. The average Bonchev–Trinajstić information content (AvgIpc) is 3.60. The van der Waals surface area contributed by atoms with E-state index < -0.39 is 24.0 Å². The van der Waals surface area contributed by atoms with Gasteiger partial charge in [0.15, 0.2) is 0 Å². The van der Waals surface area contributed by atoms with Gasteiger partial charge in [-0.3, -0.25) is 9.59 Å². The summed E-state index contributed by atoms with van der Waals surface area (Å²) in [6.07, 6.45) is 2.16. The summed E-state index contributed by atoms with van der Waals surface area (Å²) >= 11 is 0. The number of nitrogens with one attached hydrogen (secondary N) is 2. The van der Waals surface area contributed by atoms with Gasteiger partial charge in [0.2, 0.25) is 5.91 Å². The van der Waals surface area contributed by atoms with Gasteiger partial charge in [0, 0.05) is 18.5 Å². The molecule has 0 spiro atoms. The van der Waals surface area contributed by atoms with Crippen LogP contribution in [0.15, 0.2) is 48.5 Å². The van der Waals surface area contributed by atoms with Crippen LogP contribution in [-0.4, -0.2) is 42.3 Å². The van der Waals surface area contributed by atoms with Gasteiger partial charge in [0.1, 0.15) is 6.61 Å². The molecule has 2 aliphatic rings. The third-order valence-electron chi connectivity index (χ3n) is 7.05. The van der Waals surface area contributed by atoms with Crippen molar-refractivity contribution < 1.29 is 24.2 Å². The lowest BCUT2D eigenvalue weighted by Gasteiger charge is -2.24. The molecule has 7 heteroatoms. The van der Waals surface area contributed by atoms with E-state index in [1.807, 2.05) is 38.1 Å². The molecule has 0 radical (unpaired) electrons. The molecule has 35 heavy (non-hydrogen) atoms. The lowest BCUT2D eigenvalue weighted by atomic mass is 9.97. The van der Waals surface area contributed by atoms with Crippen molar-refractivity contribution in [2.45, 2.75) is 51.5 Å². The highest BCUT2D eigenvalue weighted by Gasteiger charge is 2.32. The van der Waals surface area contributed by atoms with Crippen molar-refractivity contribution in [3.05, 3.63) is 59.7 Å². The Bertz CT molecular complexity index is 1030. The van der Waals surface area contributed by atoms with Crippen LogP contribution in [0.25, 0.3) is 11.1 Å². The lowest BCUT2D eigenvalue weighted by Crippen LogP contribution is -2.46. The van der Waals surface area contributed by atoms with Crippen LogP contribution in [0.3, 0.4) is 0 Å². The number of alkyl carbamates (subject to hydrolysis) is 1. The number of hydrogen-bond acceptors (Lipinski definition) is 4. The number of aliphatic carboxylic acids is 1. The summed E-state index contributed by atoms with van der Waals surface area (Å²) in [5.41, 5.74) is 4.62. The Morgan fingerprint density at radius 1 is 1.00 bits per heavy atom. The number of carbonyl (C=O) groups is 3. The molecule has 0 aliphatic heterocycles. The van der Waals surface area contributed by atoms with Crippen LogP contribution in [0.2, 0.25) is 0 Å². The van der Waals surface area contributed by atoms with Gasteiger partial charge in [0.25, 0.3) is 0 Å². The van der Waals surface area contributed by atoms with Crippen LogP contribution in [0.1, 0.15) is 56.6 Å². The Morgan fingerprint density at radius 2 is 1.60 bits per heavy atom. The lowest BCUT2D eigenvalue weighted by molar-refractivity contribution is -0.138. The minimum absolute atomic E-state index is 0.00767. The largest absolute Gasteiger partial charge is 0.481 e. The minimum Gasteiger partial charge on any atom is -0.481 e. The summed E-state index contributed by atoms with van der Waals surface area (Å²) in [5.74, 6) is -1.13. The van der Waals surface area contributed by atoms with Crippen LogP contribution in [0.5, 0.6) is 0 Å². The SMILES string of the molecule is CC(C)C(CC(=O)O)NC(=O)C(CNC(=O)OCC1c2ccccc2-c2ccccc21)CC1CC1. The van der Waals surface area contributed by atoms with E-state index in [0.29, 0.717) is 12.3 Å². The minimum atomic E-state index is -0.945. The topological polar surface area (TPSA) is 105 Å². The van der Waals surface area contributed by atoms with E-state index in [1.165, 1.54) is 11.1 Å². The van der Waals surface area contributed by atoms with Gasteiger partial charge in [-0.25, -0.2) is 4.79 Å². The second-order valence-corrected chi connectivity index (χ2v) is 10.0. The quantitative estimate of drug-likeness (QED) is 0.439. The molecule has 7 nitrogen and oxygen atoms in total. The Balaban J connectivity index is 1.34. The molecule has 2 unspecified atom stereocenters. The third-order valence-corrected chi connectivity index (χ3v) is 7.05. The normalized spacial score (nSPS) is 16.2. The number of amides is 2. The van der Waals surface area contributed by atoms with E-state index in [9.17, 15) is 14.4 Å². The molecule has 0 bridgehead atoms. The maximum Gasteiger partial charge on any atom is 0.407 e. The molecule has 2 atom stereocenters. The molecule has 2 amide bonds. The Hall–Kier alpha value is -3.35. The van der Waals surface area contributed by atoms with Crippen LogP contribution in [0, 0.1) is 17.8 Å². The molecule has 0 saturated heterocycles. The zero-order chi connectivity index (χ0) is 24.9.